The molecule has 1 aromatic carbocycles. The maximum atomic E-state index is 13.0. The maximum Gasteiger partial charge on any atom is 0.244 e. The zero-order chi connectivity index (χ0) is 13.1. The minimum Gasteiger partial charge on any atom is -0.323 e. The molecule has 17 heavy (non-hydrogen) atoms. The van der Waals surface area contributed by atoms with E-state index < -0.39 is 11.4 Å². The van der Waals surface area contributed by atoms with Crippen molar-refractivity contribution in [3.8, 4) is 0 Å². The minimum absolute atomic E-state index is 0.244. The first-order valence-electron chi connectivity index (χ1n) is 5.48. The van der Waals surface area contributed by atoms with Crippen LogP contribution in [0.3, 0.4) is 0 Å². The molecule has 0 aliphatic heterocycles. The van der Waals surface area contributed by atoms with Gasteiger partial charge in [-0.15, -0.1) is 0 Å². The van der Waals surface area contributed by atoms with Gasteiger partial charge in [-0.1, -0.05) is 25.4 Å². The SMILES string of the molecule is CCC(N)(CC)C(=O)Nc1cc(F)ccc1Cl. The molecule has 0 saturated carbocycles. The average Bonchev–Trinajstić information content (AvgIpc) is 2.32. The third kappa shape index (κ3) is 3.17. The number of nitrogens with two attached hydrogens (primary N) is 1. The van der Waals surface area contributed by atoms with Crippen molar-refractivity contribution in [1.82, 2.24) is 0 Å². The summed E-state index contributed by atoms with van der Waals surface area (Å²) in [4.78, 5) is 11.9. The van der Waals surface area contributed by atoms with Gasteiger partial charge in [0.15, 0.2) is 0 Å². The molecule has 94 valence electrons. The zero-order valence-corrected chi connectivity index (χ0v) is 10.6. The molecule has 0 aliphatic carbocycles. The second-order valence-corrected chi connectivity index (χ2v) is 4.35. The molecular weight excluding hydrogens is 243 g/mol. The van der Waals surface area contributed by atoms with Crippen molar-refractivity contribution in [2.75, 3.05) is 5.32 Å². The Balaban J connectivity index is 2.91. The Bertz CT molecular complexity index is 419. The van der Waals surface area contributed by atoms with Crippen LogP contribution in [0.5, 0.6) is 0 Å². The molecule has 0 heterocycles. The van der Waals surface area contributed by atoms with Crippen molar-refractivity contribution in [2.24, 2.45) is 5.73 Å². The van der Waals surface area contributed by atoms with Crippen LogP contribution in [-0.4, -0.2) is 11.4 Å². The van der Waals surface area contributed by atoms with Crippen LogP contribution in [0.2, 0.25) is 5.02 Å². The maximum absolute atomic E-state index is 13.0. The fraction of sp³-hybridized carbons (Fsp3) is 0.417. The molecule has 0 aromatic heterocycles. The van der Waals surface area contributed by atoms with Gasteiger partial charge in [-0.2, -0.15) is 0 Å². The van der Waals surface area contributed by atoms with Gasteiger partial charge >= 0.3 is 0 Å². The largest absolute Gasteiger partial charge is 0.323 e. The summed E-state index contributed by atoms with van der Waals surface area (Å²) in [5.41, 5.74) is 5.22. The highest BCUT2D eigenvalue weighted by atomic mass is 35.5. The van der Waals surface area contributed by atoms with E-state index in [-0.39, 0.29) is 16.6 Å². The van der Waals surface area contributed by atoms with Crippen LogP contribution < -0.4 is 11.1 Å². The summed E-state index contributed by atoms with van der Waals surface area (Å²) in [6.07, 6.45) is 1.00. The normalized spacial score (nSPS) is 11.4. The summed E-state index contributed by atoms with van der Waals surface area (Å²) >= 11 is 5.85. The van der Waals surface area contributed by atoms with Crippen LogP contribution in [0.15, 0.2) is 18.2 Å². The first kappa shape index (κ1) is 13.9. The Morgan fingerprint density at radius 1 is 1.47 bits per heavy atom. The molecule has 0 bridgehead atoms. The molecule has 0 atom stereocenters. The average molecular weight is 259 g/mol. The summed E-state index contributed by atoms with van der Waals surface area (Å²) in [7, 11) is 0. The molecule has 0 aliphatic rings. The standard InChI is InChI=1S/C12H16ClFN2O/c1-3-12(15,4-2)11(17)16-10-7-8(14)5-6-9(10)13/h5-7H,3-4,15H2,1-2H3,(H,16,17). The number of benzene rings is 1. The van der Waals surface area contributed by atoms with E-state index in [1.165, 1.54) is 18.2 Å². The third-order valence-electron chi connectivity index (χ3n) is 2.89. The van der Waals surface area contributed by atoms with Crippen molar-refractivity contribution in [2.45, 2.75) is 32.2 Å². The predicted octanol–water partition coefficient (Wildman–Crippen LogP) is 2.94. The highest BCUT2D eigenvalue weighted by molar-refractivity contribution is 6.33. The van der Waals surface area contributed by atoms with Crippen LogP contribution in [0.1, 0.15) is 26.7 Å². The van der Waals surface area contributed by atoms with Crippen LogP contribution in [-0.2, 0) is 4.79 Å². The highest BCUT2D eigenvalue weighted by Crippen LogP contribution is 2.24. The molecule has 3 nitrogen and oxygen atoms in total. The van der Waals surface area contributed by atoms with E-state index in [0.717, 1.165) is 0 Å². The van der Waals surface area contributed by atoms with Gasteiger partial charge in [-0.3, -0.25) is 4.79 Å². The number of carbonyl (C=O) groups is 1. The molecule has 1 aromatic rings. The first-order chi connectivity index (χ1) is 7.92. The van der Waals surface area contributed by atoms with Crippen LogP contribution in [0.4, 0.5) is 10.1 Å². The van der Waals surface area contributed by atoms with Crippen molar-refractivity contribution in [1.29, 1.82) is 0 Å². The van der Waals surface area contributed by atoms with Crippen LogP contribution >= 0.6 is 11.6 Å². The Morgan fingerprint density at radius 2 is 2.06 bits per heavy atom. The lowest BCUT2D eigenvalue weighted by atomic mass is 9.93. The second kappa shape index (κ2) is 5.47. The van der Waals surface area contributed by atoms with E-state index >= 15 is 0 Å². The molecule has 0 fully saturated rings. The summed E-state index contributed by atoms with van der Waals surface area (Å²) in [5, 5.41) is 2.84. The van der Waals surface area contributed by atoms with Gasteiger partial charge in [0.25, 0.3) is 0 Å². The van der Waals surface area contributed by atoms with E-state index in [2.05, 4.69) is 5.32 Å². The Kier molecular flexibility index (Phi) is 4.48. The molecule has 1 rings (SSSR count). The van der Waals surface area contributed by atoms with E-state index in [9.17, 15) is 9.18 Å². The van der Waals surface area contributed by atoms with Gasteiger partial charge in [-0.05, 0) is 31.0 Å². The Morgan fingerprint density at radius 3 is 2.59 bits per heavy atom. The number of anilines is 1. The van der Waals surface area contributed by atoms with E-state index in [4.69, 9.17) is 17.3 Å². The number of amides is 1. The van der Waals surface area contributed by atoms with E-state index in [1.54, 1.807) is 0 Å². The van der Waals surface area contributed by atoms with Gasteiger partial charge in [-0.25, -0.2) is 4.39 Å². The van der Waals surface area contributed by atoms with Gasteiger partial charge in [0.2, 0.25) is 5.91 Å². The lowest BCUT2D eigenvalue weighted by Gasteiger charge is -2.25. The van der Waals surface area contributed by atoms with Crippen molar-refractivity contribution in [3.05, 3.63) is 29.0 Å². The summed E-state index contributed by atoms with van der Waals surface area (Å²) in [6.45, 7) is 3.66. The van der Waals surface area contributed by atoms with E-state index in [0.29, 0.717) is 12.8 Å². The monoisotopic (exact) mass is 258 g/mol. The Hall–Kier alpha value is -1.13. The fourth-order valence-electron chi connectivity index (χ4n) is 1.41. The third-order valence-corrected chi connectivity index (χ3v) is 3.22. The molecule has 0 spiro atoms. The molecule has 0 unspecified atom stereocenters. The smallest absolute Gasteiger partial charge is 0.244 e. The number of rotatable bonds is 4. The van der Waals surface area contributed by atoms with Gasteiger partial charge in [0.1, 0.15) is 5.82 Å². The van der Waals surface area contributed by atoms with Gasteiger partial charge in [0.05, 0.1) is 16.2 Å². The van der Waals surface area contributed by atoms with Crippen molar-refractivity contribution < 1.29 is 9.18 Å². The van der Waals surface area contributed by atoms with Crippen molar-refractivity contribution >= 4 is 23.2 Å². The number of halogens is 2. The summed E-state index contributed by atoms with van der Waals surface area (Å²) in [5.74, 6) is -0.810. The molecule has 3 N–H and O–H groups in total. The Labute approximate surface area is 105 Å². The lowest BCUT2D eigenvalue weighted by molar-refractivity contribution is -0.121. The van der Waals surface area contributed by atoms with Crippen LogP contribution in [0.25, 0.3) is 0 Å². The molecule has 0 saturated heterocycles. The molecule has 1 amide bonds. The van der Waals surface area contributed by atoms with E-state index in [1.807, 2.05) is 13.8 Å². The molecular formula is C12H16ClFN2O. The minimum atomic E-state index is -0.949. The summed E-state index contributed by atoms with van der Waals surface area (Å²) in [6, 6.07) is 3.79. The number of nitrogens with one attached hydrogen (secondary N) is 1. The predicted molar refractivity (Wildman–Crippen MR) is 67.5 cm³/mol. The van der Waals surface area contributed by atoms with Gasteiger partial charge < -0.3 is 11.1 Å². The van der Waals surface area contributed by atoms with Gasteiger partial charge in [0, 0.05) is 0 Å². The lowest BCUT2D eigenvalue weighted by Crippen LogP contribution is -2.50. The number of hydrogen-bond acceptors (Lipinski definition) is 2. The molecule has 5 heteroatoms. The number of carbonyl (C=O) groups excluding carboxylic acids is 1. The quantitative estimate of drug-likeness (QED) is 0.872. The topological polar surface area (TPSA) is 55.1 Å². The summed E-state index contributed by atoms with van der Waals surface area (Å²) < 4.78 is 13.0. The fourth-order valence-corrected chi connectivity index (χ4v) is 1.58. The highest BCUT2D eigenvalue weighted by Gasteiger charge is 2.30. The van der Waals surface area contributed by atoms with Crippen molar-refractivity contribution in [3.63, 3.8) is 0 Å². The molecule has 0 radical (unpaired) electrons. The number of hydrogen-bond donors (Lipinski definition) is 2. The van der Waals surface area contributed by atoms with Crippen LogP contribution in [0, 0.1) is 5.82 Å². The zero-order valence-electron chi connectivity index (χ0n) is 9.89. The second-order valence-electron chi connectivity index (χ2n) is 3.94. The first-order valence-corrected chi connectivity index (χ1v) is 5.86.